The Kier molecular flexibility index (Phi) is 7.11. The first-order valence-electron chi connectivity index (χ1n) is 10.6. The molecule has 172 valence electrons. The summed E-state index contributed by atoms with van der Waals surface area (Å²) in [5.74, 6) is 1.19. The number of anilines is 5. The molecule has 1 fully saturated rings. The van der Waals surface area contributed by atoms with Crippen LogP contribution >= 0.6 is 11.6 Å². The van der Waals surface area contributed by atoms with Crippen molar-refractivity contribution in [1.29, 1.82) is 0 Å². The number of nitrogens with one attached hydrogen (secondary N) is 4. The van der Waals surface area contributed by atoms with Gasteiger partial charge in [0.1, 0.15) is 10.8 Å². The zero-order valence-electron chi connectivity index (χ0n) is 18.5. The predicted octanol–water partition coefficient (Wildman–Crippen LogP) is 3.40. The van der Waals surface area contributed by atoms with Crippen LogP contribution in [0.25, 0.3) is 0 Å². The molecule has 1 saturated heterocycles. The number of benzene rings is 2. The molecular weight excluding hydrogens is 442 g/mol. The number of halogens is 1. The third-order valence-corrected chi connectivity index (χ3v) is 5.59. The molecule has 1 aliphatic heterocycles. The number of carbonyl (C=O) groups excluding carboxylic acids is 1. The molecule has 0 spiro atoms. The molecule has 0 saturated carbocycles. The molecule has 3 aromatic rings. The van der Waals surface area contributed by atoms with E-state index in [0.717, 1.165) is 37.6 Å². The average Bonchev–Trinajstić information content (AvgIpc) is 2.86. The highest BCUT2D eigenvalue weighted by Gasteiger charge is 2.15. The van der Waals surface area contributed by atoms with Crippen LogP contribution < -0.4 is 30.9 Å². The number of methoxy groups -OCH3 is 1. The van der Waals surface area contributed by atoms with E-state index in [1.807, 2.05) is 24.3 Å². The van der Waals surface area contributed by atoms with Gasteiger partial charge in [0.2, 0.25) is 5.95 Å². The van der Waals surface area contributed by atoms with Crippen LogP contribution in [0.2, 0.25) is 5.02 Å². The number of rotatable bonds is 7. The van der Waals surface area contributed by atoms with Crippen molar-refractivity contribution in [3.63, 3.8) is 0 Å². The van der Waals surface area contributed by atoms with Gasteiger partial charge in [-0.05, 0) is 24.3 Å². The molecule has 0 bridgehead atoms. The Hall–Kier alpha value is -3.56. The molecule has 2 heterocycles. The van der Waals surface area contributed by atoms with Crippen LogP contribution in [0.1, 0.15) is 10.4 Å². The zero-order chi connectivity index (χ0) is 23.2. The normalized spacial score (nSPS) is 13.4. The van der Waals surface area contributed by atoms with E-state index >= 15 is 0 Å². The van der Waals surface area contributed by atoms with E-state index in [2.05, 4.69) is 36.1 Å². The van der Waals surface area contributed by atoms with Gasteiger partial charge in [0.25, 0.3) is 5.91 Å². The fourth-order valence-electron chi connectivity index (χ4n) is 3.59. The summed E-state index contributed by atoms with van der Waals surface area (Å²) in [6.07, 6.45) is 1.50. The summed E-state index contributed by atoms with van der Waals surface area (Å²) < 4.78 is 5.61. The molecule has 2 aromatic carbocycles. The first kappa shape index (κ1) is 22.6. The number of aromatic nitrogens is 2. The van der Waals surface area contributed by atoms with E-state index in [0.29, 0.717) is 33.8 Å². The van der Waals surface area contributed by atoms with E-state index in [4.69, 9.17) is 16.3 Å². The van der Waals surface area contributed by atoms with Gasteiger partial charge < -0.3 is 30.9 Å². The minimum absolute atomic E-state index is 0.212. The van der Waals surface area contributed by atoms with Crippen LogP contribution in [-0.4, -0.2) is 56.2 Å². The first-order valence-corrected chi connectivity index (χ1v) is 11.0. The zero-order valence-corrected chi connectivity index (χ0v) is 19.2. The molecule has 1 aromatic heterocycles. The largest absolute Gasteiger partial charge is 0.494 e. The summed E-state index contributed by atoms with van der Waals surface area (Å²) in [4.78, 5) is 23.3. The lowest BCUT2D eigenvalue weighted by atomic mass is 10.1. The molecule has 1 aliphatic rings. The summed E-state index contributed by atoms with van der Waals surface area (Å²) >= 11 is 6.33. The summed E-state index contributed by atoms with van der Waals surface area (Å²) in [6, 6.07) is 13.1. The van der Waals surface area contributed by atoms with Crippen molar-refractivity contribution < 1.29 is 9.53 Å². The molecule has 33 heavy (non-hydrogen) atoms. The molecule has 0 unspecified atom stereocenters. The summed E-state index contributed by atoms with van der Waals surface area (Å²) in [5, 5.41) is 12.6. The van der Waals surface area contributed by atoms with Gasteiger partial charge in [0.05, 0.1) is 30.2 Å². The van der Waals surface area contributed by atoms with E-state index in [1.165, 1.54) is 6.20 Å². The van der Waals surface area contributed by atoms with Crippen molar-refractivity contribution in [1.82, 2.24) is 20.6 Å². The van der Waals surface area contributed by atoms with Crippen molar-refractivity contribution in [3.05, 3.63) is 59.2 Å². The number of piperazine rings is 1. The maximum absolute atomic E-state index is 12.2. The van der Waals surface area contributed by atoms with E-state index in [1.54, 1.807) is 32.4 Å². The molecule has 0 atom stereocenters. The van der Waals surface area contributed by atoms with Gasteiger partial charge >= 0.3 is 0 Å². The molecular formula is C23H26ClN7O2. The van der Waals surface area contributed by atoms with Crippen LogP contribution in [0, 0.1) is 0 Å². The quantitative estimate of drug-likeness (QED) is 0.419. The second kappa shape index (κ2) is 10.4. The topological polar surface area (TPSA) is 103 Å². The number of hydrogen-bond donors (Lipinski definition) is 4. The Morgan fingerprint density at radius 1 is 1.12 bits per heavy atom. The van der Waals surface area contributed by atoms with Crippen LogP contribution in [0.15, 0.2) is 48.7 Å². The summed E-state index contributed by atoms with van der Waals surface area (Å²) in [7, 11) is 3.22. The third-order valence-electron chi connectivity index (χ3n) is 5.31. The average molecular weight is 468 g/mol. The fourth-order valence-corrected chi connectivity index (χ4v) is 3.73. The second-order valence-corrected chi connectivity index (χ2v) is 7.79. The van der Waals surface area contributed by atoms with Gasteiger partial charge in [-0.2, -0.15) is 4.98 Å². The van der Waals surface area contributed by atoms with Crippen LogP contribution in [0.4, 0.5) is 28.8 Å². The van der Waals surface area contributed by atoms with Crippen molar-refractivity contribution in [3.8, 4) is 5.75 Å². The highest BCUT2D eigenvalue weighted by Crippen LogP contribution is 2.33. The second-order valence-electron chi connectivity index (χ2n) is 7.39. The van der Waals surface area contributed by atoms with Crippen molar-refractivity contribution in [2.45, 2.75) is 0 Å². The van der Waals surface area contributed by atoms with E-state index < -0.39 is 0 Å². The number of amides is 1. The van der Waals surface area contributed by atoms with Crippen LogP contribution in [0.3, 0.4) is 0 Å². The van der Waals surface area contributed by atoms with Crippen molar-refractivity contribution in [2.24, 2.45) is 0 Å². The number of nitrogens with zero attached hydrogens (tertiary/aromatic N) is 3. The minimum atomic E-state index is -0.212. The lowest BCUT2D eigenvalue weighted by molar-refractivity contribution is 0.0964. The first-order chi connectivity index (χ1) is 16.1. The van der Waals surface area contributed by atoms with Crippen LogP contribution in [-0.2, 0) is 0 Å². The predicted molar refractivity (Wildman–Crippen MR) is 132 cm³/mol. The lowest BCUT2D eigenvalue weighted by Gasteiger charge is -2.30. The van der Waals surface area contributed by atoms with Gasteiger partial charge in [-0.15, -0.1) is 0 Å². The van der Waals surface area contributed by atoms with Crippen molar-refractivity contribution >= 4 is 46.3 Å². The number of carbonyl (C=O) groups is 1. The number of ether oxygens (including phenoxy) is 1. The highest BCUT2D eigenvalue weighted by molar-refractivity contribution is 6.33. The van der Waals surface area contributed by atoms with E-state index in [-0.39, 0.29) is 5.91 Å². The molecule has 9 nitrogen and oxygen atoms in total. The molecule has 4 N–H and O–H groups in total. The van der Waals surface area contributed by atoms with Gasteiger partial charge in [-0.1, -0.05) is 23.7 Å². The molecule has 4 rings (SSSR count). The Morgan fingerprint density at radius 3 is 2.67 bits per heavy atom. The van der Waals surface area contributed by atoms with Gasteiger partial charge in [0.15, 0.2) is 5.82 Å². The number of hydrogen-bond acceptors (Lipinski definition) is 8. The van der Waals surface area contributed by atoms with E-state index in [9.17, 15) is 4.79 Å². The Morgan fingerprint density at radius 2 is 1.91 bits per heavy atom. The molecule has 0 radical (unpaired) electrons. The maximum atomic E-state index is 12.2. The highest BCUT2D eigenvalue weighted by atomic mass is 35.5. The Bertz CT molecular complexity index is 1140. The lowest BCUT2D eigenvalue weighted by Crippen LogP contribution is -2.43. The summed E-state index contributed by atoms with van der Waals surface area (Å²) in [6.45, 7) is 3.81. The fraction of sp³-hybridized carbons (Fsp3) is 0.261. The third kappa shape index (κ3) is 5.27. The van der Waals surface area contributed by atoms with Crippen LogP contribution in [0.5, 0.6) is 5.75 Å². The van der Waals surface area contributed by atoms with Gasteiger partial charge in [-0.3, -0.25) is 4.79 Å². The minimum Gasteiger partial charge on any atom is -0.494 e. The monoisotopic (exact) mass is 467 g/mol. The molecule has 1 amide bonds. The standard InChI is InChI=1S/C23H26ClN7O2/c1-25-22(32)16-5-3-4-6-18(16)28-21-17(24)14-27-23(30-21)29-19-8-7-15(13-20(19)33-2)31-11-9-26-10-12-31/h3-8,13-14,26H,9-12H2,1-2H3,(H,25,32)(H2,27,28,29,30). The molecule has 0 aliphatic carbocycles. The smallest absolute Gasteiger partial charge is 0.253 e. The Labute approximate surface area is 197 Å². The summed E-state index contributed by atoms with van der Waals surface area (Å²) in [5.41, 5.74) is 2.90. The maximum Gasteiger partial charge on any atom is 0.253 e. The van der Waals surface area contributed by atoms with Crippen molar-refractivity contribution in [2.75, 3.05) is 55.9 Å². The van der Waals surface area contributed by atoms with Gasteiger partial charge in [-0.25, -0.2) is 4.98 Å². The SMILES string of the molecule is CNC(=O)c1ccccc1Nc1nc(Nc2ccc(N3CCNCC3)cc2OC)ncc1Cl. The molecule has 10 heteroatoms. The number of para-hydroxylation sites is 1. The Balaban J connectivity index is 1.57. The van der Waals surface area contributed by atoms with Gasteiger partial charge in [0, 0.05) is 45.0 Å².